The number of hydrogen-bond acceptors (Lipinski definition) is 3. The second-order valence-corrected chi connectivity index (χ2v) is 7.99. The summed E-state index contributed by atoms with van der Waals surface area (Å²) in [5, 5.41) is 0.858. The zero-order valence-corrected chi connectivity index (χ0v) is 14.1. The molecular weight excluding hydrogens is 322 g/mol. The van der Waals surface area contributed by atoms with E-state index in [1.165, 1.54) is 3.97 Å². The molecule has 0 saturated heterocycles. The fourth-order valence-corrected chi connectivity index (χ4v) is 4.98. The van der Waals surface area contributed by atoms with Gasteiger partial charge in [-0.25, -0.2) is 12.4 Å². The topological polar surface area (TPSA) is 56.1 Å². The highest BCUT2D eigenvalue weighted by Gasteiger charge is 2.31. The van der Waals surface area contributed by atoms with E-state index in [4.69, 9.17) is 0 Å². The number of benzene rings is 2. The Morgan fingerprint density at radius 2 is 1.67 bits per heavy atom. The lowest BCUT2D eigenvalue weighted by molar-refractivity contribution is 0.0967. The smallest absolute Gasteiger partial charge is 0.268 e. The molecule has 1 aliphatic carbocycles. The molecular formula is C19H17NO3S. The van der Waals surface area contributed by atoms with Crippen molar-refractivity contribution >= 4 is 26.7 Å². The molecule has 0 radical (unpaired) electrons. The highest BCUT2D eigenvalue weighted by Crippen LogP contribution is 2.34. The molecule has 0 fully saturated rings. The van der Waals surface area contributed by atoms with Gasteiger partial charge in [-0.2, -0.15) is 0 Å². The molecule has 122 valence electrons. The maximum Gasteiger partial charge on any atom is 0.268 e. The lowest BCUT2D eigenvalue weighted by Gasteiger charge is -2.15. The van der Waals surface area contributed by atoms with Crippen LogP contribution in [0.5, 0.6) is 0 Å². The van der Waals surface area contributed by atoms with Gasteiger partial charge in [0.25, 0.3) is 10.0 Å². The van der Waals surface area contributed by atoms with Gasteiger partial charge in [-0.1, -0.05) is 35.9 Å². The van der Waals surface area contributed by atoms with Gasteiger partial charge < -0.3 is 0 Å². The average molecular weight is 339 g/mol. The molecule has 0 bridgehead atoms. The standard InChI is InChI=1S/C19H17NO3S/c1-13-9-11-14(12-10-13)24(22,23)20-17-7-3-2-5-15(17)16-6-4-8-18(21)19(16)20/h2-3,5,7,9-12H,4,6,8H2,1H3. The zero-order valence-electron chi connectivity index (χ0n) is 13.3. The van der Waals surface area contributed by atoms with Gasteiger partial charge in [-0.15, -0.1) is 0 Å². The van der Waals surface area contributed by atoms with E-state index in [0.29, 0.717) is 17.6 Å². The van der Waals surface area contributed by atoms with Gasteiger partial charge in [0.15, 0.2) is 5.78 Å². The molecule has 3 aromatic rings. The Hall–Kier alpha value is -2.40. The number of carbonyl (C=O) groups excluding carboxylic acids is 1. The summed E-state index contributed by atoms with van der Waals surface area (Å²) in [6.07, 6.45) is 1.90. The second-order valence-electron chi connectivity index (χ2n) is 6.20. The van der Waals surface area contributed by atoms with Gasteiger partial charge in [0.05, 0.1) is 10.4 Å². The van der Waals surface area contributed by atoms with Gasteiger partial charge in [0.1, 0.15) is 5.69 Å². The highest BCUT2D eigenvalue weighted by molar-refractivity contribution is 7.90. The van der Waals surface area contributed by atoms with Crippen molar-refractivity contribution in [3.8, 4) is 0 Å². The van der Waals surface area contributed by atoms with Gasteiger partial charge >= 0.3 is 0 Å². The summed E-state index contributed by atoms with van der Waals surface area (Å²) in [7, 11) is -3.82. The van der Waals surface area contributed by atoms with Crippen LogP contribution in [0.4, 0.5) is 0 Å². The average Bonchev–Trinajstić information content (AvgIpc) is 2.92. The van der Waals surface area contributed by atoms with Crippen molar-refractivity contribution in [2.75, 3.05) is 0 Å². The van der Waals surface area contributed by atoms with E-state index in [-0.39, 0.29) is 10.7 Å². The van der Waals surface area contributed by atoms with E-state index < -0.39 is 10.0 Å². The summed E-state index contributed by atoms with van der Waals surface area (Å²) in [4.78, 5) is 12.7. The molecule has 5 heteroatoms. The molecule has 1 aliphatic rings. The molecule has 0 aliphatic heterocycles. The van der Waals surface area contributed by atoms with Crippen LogP contribution in [0.15, 0.2) is 53.4 Å². The molecule has 0 atom stereocenters. The van der Waals surface area contributed by atoms with Crippen molar-refractivity contribution in [1.29, 1.82) is 0 Å². The SMILES string of the molecule is Cc1ccc(S(=O)(=O)n2c3c(c4ccccc42)CCCC3=O)cc1. The van der Waals surface area contributed by atoms with E-state index >= 15 is 0 Å². The molecule has 24 heavy (non-hydrogen) atoms. The number of rotatable bonds is 2. The maximum absolute atomic E-state index is 13.2. The highest BCUT2D eigenvalue weighted by atomic mass is 32.2. The van der Waals surface area contributed by atoms with E-state index in [2.05, 4.69) is 0 Å². The summed E-state index contributed by atoms with van der Waals surface area (Å²) < 4.78 is 27.8. The minimum absolute atomic E-state index is 0.0943. The van der Waals surface area contributed by atoms with Crippen LogP contribution < -0.4 is 0 Å². The molecule has 4 rings (SSSR count). The first kappa shape index (κ1) is 15.1. The summed E-state index contributed by atoms with van der Waals surface area (Å²) in [5.41, 5.74) is 2.77. The Balaban J connectivity index is 2.08. The van der Waals surface area contributed by atoms with Gasteiger partial charge in [-0.05, 0) is 43.5 Å². The van der Waals surface area contributed by atoms with Crippen molar-refractivity contribution in [2.24, 2.45) is 0 Å². The molecule has 4 nitrogen and oxygen atoms in total. The molecule has 0 N–H and O–H groups in total. The molecule has 0 amide bonds. The van der Waals surface area contributed by atoms with Crippen molar-refractivity contribution in [3.05, 3.63) is 65.4 Å². The quantitative estimate of drug-likeness (QED) is 0.715. The van der Waals surface area contributed by atoms with Crippen molar-refractivity contribution in [2.45, 2.75) is 31.1 Å². The fourth-order valence-electron chi connectivity index (χ4n) is 3.42. The number of Topliss-reactive ketones (excluding diaryl/α,β-unsaturated/α-hetero) is 1. The number of para-hydroxylation sites is 1. The van der Waals surface area contributed by atoms with Crippen LogP contribution >= 0.6 is 0 Å². The predicted octanol–water partition coefficient (Wildman–Crippen LogP) is 3.71. The largest absolute Gasteiger partial charge is 0.292 e. The number of fused-ring (bicyclic) bond motifs is 3. The maximum atomic E-state index is 13.2. The second kappa shape index (κ2) is 5.31. The molecule has 1 aromatic heterocycles. The number of nitrogens with zero attached hydrogens (tertiary/aromatic N) is 1. The Morgan fingerprint density at radius 1 is 0.958 bits per heavy atom. The van der Waals surface area contributed by atoms with Crippen molar-refractivity contribution in [3.63, 3.8) is 0 Å². The first-order chi connectivity index (χ1) is 11.5. The number of aromatic nitrogens is 1. The number of aryl methyl sites for hydroxylation is 2. The number of ketones is 1. The van der Waals surface area contributed by atoms with E-state index in [1.54, 1.807) is 36.4 Å². The summed E-state index contributed by atoms with van der Waals surface area (Å²) in [6, 6.07) is 14.1. The summed E-state index contributed by atoms with van der Waals surface area (Å²) in [5.74, 6) is -0.0943. The number of carbonyl (C=O) groups is 1. The predicted molar refractivity (Wildman–Crippen MR) is 93.0 cm³/mol. The van der Waals surface area contributed by atoms with Gasteiger partial charge in [0.2, 0.25) is 0 Å². The fraction of sp³-hybridized carbons (Fsp3) is 0.211. The summed E-state index contributed by atoms with van der Waals surface area (Å²) in [6.45, 7) is 1.91. The van der Waals surface area contributed by atoms with Gasteiger partial charge in [-0.3, -0.25) is 4.79 Å². The van der Waals surface area contributed by atoms with Crippen LogP contribution in [0.2, 0.25) is 0 Å². The number of hydrogen-bond donors (Lipinski definition) is 0. The van der Waals surface area contributed by atoms with Crippen LogP contribution in [0.25, 0.3) is 10.9 Å². The Labute approximate surface area is 140 Å². The Morgan fingerprint density at radius 3 is 2.42 bits per heavy atom. The molecule has 1 heterocycles. The van der Waals surface area contributed by atoms with Crippen LogP contribution in [0.3, 0.4) is 0 Å². The molecule has 0 spiro atoms. The Kier molecular flexibility index (Phi) is 3.35. The van der Waals surface area contributed by atoms with Crippen molar-refractivity contribution in [1.82, 2.24) is 3.97 Å². The Bertz CT molecular complexity index is 1060. The van der Waals surface area contributed by atoms with E-state index in [9.17, 15) is 13.2 Å². The zero-order chi connectivity index (χ0) is 16.9. The van der Waals surface area contributed by atoms with E-state index in [1.807, 2.05) is 19.1 Å². The van der Waals surface area contributed by atoms with Crippen LogP contribution in [-0.2, 0) is 16.4 Å². The first-order valence-corrected chi connectivity index (χ1v) is 9.42. The van der Waals surface area contributed by atoms with Crippen LogP contribution in [0, 0.1) is 6.92 Å². The summed E-state index contributed by atoms with van der Waals surface area (Å²) >= 11 is 0. The van der Waals surface area contributed by atoms with Crippen molar-refractivity contribution < 1.29 is 13.2 Å². The first-order valence-electron chi connectivity index (χ1n) is 7.98. The lowest BCUT2D eigenvalue weighted by Crippen LogP contribution is -2.21. The third-order valence-electron chi connectivity index (χ3n) is 4.59. The normalized spacial score (nSPS) is 14.8. The van der Waals surface area contributed by atoms with Gasteiger partial charge in [0, 0.05) is 11.8 Å². The minimum Gasteiger partial charge on any atom is -0.292 e. The third-order valence-corrected chi connectivity index (χ3v) is 6.32. The lowest BCUT2D eigenvalue weighted by atomic mass is 9.95. The van der Waals surface area contributed by atoms with E-state index in [0.717, 1.165) is 29.4 Å². The molecule has 0 saturated carbocycles. The monoisotopic (exact) mass is 339 g/mol. The molecule has 2 aromatic carbocycles. The van der Waals surface area contributed by atoms with Crippen LogP contribution in [0.1, 0.15) is 34.5 Å². The molecule has 0 unspecified atom stereocenters. The minimum atomic E-state index is -3.82. The van der Waals surface area contributed by atoms with Crippen LogP contribution in [-0.4, -0.2) is 18.2 Å². The third kappa shape index (κ3) is 2.12.